The summed E-state index contributed by atoms with van der Waals surface area (Å²) >= 11 is 0. The molecule has 0 spiro atoms. The van der Waals surface area contributed by atoms with E-state index in [-0.39, 0.29) is 0 Å². The van der Waals surface area contributed by atoms with Crippen molar-refractivity contribution in [2.75, 3.05) is 23.4 Å². The molecule has 18 heavy (non-hydrogen) atoms. The molecule has 90 valence electrons. The van der Waals surface area contributed by atoms with Gasteiger partial charge in [0.2, 0.25) is 0 Å². The average Bonchev–Trinajstić information content (AvgIpc) is 2.41. The predicted molar refractivity (Wildman–Crippen MR) is 74.5 cm³/mol. The van der Waals surface area contributed by atoms with E-state index in [0.717, 1.165) is 11.4 Å². The zero-order valence-corrected chi connectivity index (χ0v) is 10.1. The number of hydrogen-bond acceptors (Lipinski definition) is 4. The van der Waals surface area contributed by atoms with E-state index in [9.17, 15) is 0 Å². The smallest absolute Gasteiger partial charge is 0.0991 e. The molecule has 0 unspecified atom stereocenters. The zero-order chi connectivity index (χ0) is 13.1. The van der Waals surface area contributed by atoms with E-state index >= 15 is 0 Å². The maximum Gasteiger partial charge on any atom is 0.0991 e. The van der Waals surface area contributed by atoms with Crippen molar-refractivity contribution in [2.45, 2.75) is 0 Å². The lowest BCUT2D eigenvalue weighted by Gasteiger charge is -2.20. The number of nitriles is 1. The first kappa shape index (κ1) is 11.8. The maximum absolute atomic E-state index is 8.76. The number of rotatable bonds is 2. The van der Waals surface area contributed by atoms with Crippen LogP contribution in [0.15, 0.2) is 42.5 Å². The van der Waals surface area contributed by atoms with Gasteiger partial charge in [-0.1, -0.05) is 0 Å². The summed E-state index contributed by atoms with van der Waals surface area (Å²) in [6.07, 6.45) is 0. The van der Waals surface area contributed by atoms with Crippen LogP contribution in [-0.4, -0.2) is 7.05 Å². The highest BCUT2D eigenvalue weighted by atomic mass is 15.1. The van der Waals surface area contributed by atoms with E-state index in [1.807, 2.05) is 36.2 Å². The number of benzene rings is 2. The summed E-state index contributed by atoms with van der Waals surface area (Å²) in [6.45, 7) is 0. The van der Waals surface area contributed by atoms with E-state index in [2.05, 4.69) is 6.07 Å². The van der Waals surface area contributed by atoms with E-state index in [1.165, 1.54) is 0 Å². The Bertz CT molecular complexity index is 596. The average molecular weight is 238 g/mol. The summed E-state index contributed by atoms with van der Waals surface area (Å²) in [5.41, 5.74) is 15.2. The van der Waals surface area contributed by atoms with Gasteiger partial charge in [-0.05, 0) is 42.5 Å². The molecular formula is C14H14N4. The van der Waals surface area contributed by atoms with E-state index in [1.54, 1.807) is 18.2 Å². The Morgan fingerprint density at radius 2 is 1.56 bits per heavy atom. The first-order valence-corrected chi connectivity index (χ1v) is 5.50. The standard InChI is InChI=1S/C14H14N4/c1-18(11-4-2-10(9-15)3-5-11)12-6-7-13(16)14(17)8-12/h2-8H,16-17H2,1H3. The minimum Gasteiger partial charge on any atom is -0.397 e. The second-order valence-electron chi connectivity index (χ2n) is 4.03. The number of nitrogens with two attached hydrogens (primary N) is 2. The lowest BCUT2D eigenvalue weighted by Crippen LogP contribution is -2.10. The Kier molecular flexibility index (Phi) is 3.07. The monoisotopic (exact) mass is 238 g/mol. The maximum atomic E-state index is 8.76. The van der Waals surface area contributed by atoms with Gasteiger partial charge in [-0.3, -0.25) is 0 Å². The molecule has 2 aromatic carbocycles. The van der Waals surface area contributed by atoms with Crippen LogP contribution in [0.5, 0.6) is 0 Å². The van der Waals surface area contributed by atoms with Crippen LogP contribution >= 0.6 is 0 Å². The molecule has 0 heterocycles. The molecule has 0 aliphatic rings. The summed E-state index contributed by atoms with van der Waals surface area (Å²) in [5.74, 6) is 0. The molecule has 0 amide bonds. The van der Waals surface area contributed by atoms with Crippen molar-refractivity contribution < 1.29 is 0 Å². The molecule has 0 aliphatic heterocycles. The number of nitrogen functional groups attached to an aromatic ring is 2. The largest absolute Gasteiger partial charge is 0.397 e. The summed E-state index contributed by atoms with van der Waals surface area (Å²) < 4.78 is 0. The minimum atomic E-state index is 0.563. The number of hydrogen-bond donors (Lipinski definition) is 2. The Morgan fingerprint density at radius 3 is 2.11 bits per heavy atom. The van der Waals surface area contributed by atoms with Gasteiger partial charge in [0.05, 0.1) is 23.0 Å². The fourth-order valence-corrected chi connectivity index (χ4v) is 1.68. The molecule has 2 aromatic rings. The fourth-order valence-electron chi connectivity index (χ4n) is 1.68. The second kappa shape index (κ2) is 4.68. The first-order valence-electron chi connectivity index (χ1n) is 5.50. The van der Waals surface area contributed by atoms with Gasteiger partial charge in [0.15, 0.2) is 0 Å². The third-order valence-electron chi connectivity index (χ3n) is 2.84. The molecule has 0 aliphatic carbocycles. The Hall–Kier alpha value is -2.67. The van der Waals surface area contributed by atoms with Crippen molar-refractivity contribution >= 4 is 22.7 Å². The normalized spacial score (nSPS) is 9.78. The molecule has 0 saturated carbocycles. The summed E-state index contributed by atoms with van der Waals surface area (Å²) in [5, 5.41) is 8.76. The molecule has 2 rings (SSSR count). The summed E-state index contributed by atoms with van der Waals surface area (Å²) in [6, 6.07) is 15.0. The van der Waals surface area contributed by atoms with Gasteiger partial charge in [-0.15, -0.1) is 0 Å². The highest BCUT2D eigenvalue weighted by Gasteiger charge is 2.05. The fraction of sp³-hybridized carbons (Fsp3) is 0.0714. The Balaban J connectivity index is 2.32. The first-order chi connectivity index (χ1) is 8.61. The van der Waals surface area contributed by atoms with Gasteiger partial charge in [0.25, 0.3) is 0 Å². The molecule has 0 bridgehead atoms. The predicted octanol–water partition coefficient (Wildman–Crippen LogP) is 2.49. The second-order valence-corrected chi connectivity index (χ2v) is 4.03. The van der Waals surface area contributed by atoms with Crippen LogP contribution in [0.1, 0.15) is 5.56 Å². The van der Waals surface area contributed by atoms with Crippen LogP contribution in [0.3, 0.4) is 0 Å². The van der Waals surface area contributed by atoms with Crippen molar-refractivity contribution in [1.29, 1.82) is 5.26 Å². The highest BCUT2D eigenvalue weighted by molar-refractivity contribution is 5.73. The van der Waals surface area contributed by atoms with Gasteiger partial charge in [-0.2, -0.15) is 5.26 Å². The zero-order valence-electron chi connectivity index (χ0n) is 10.1. The van der Waals surface area contributed by atoms with Gasteiger partial charge in [0, 0.05) is 18.4 Å². The van der Waals surface area contributed by atoms with Crippen molar-refractivity contribution in [2.24, 2.45) is 0 Å². The van der Waals surface area contributed by atoms with Crippen LogP contribution in [0.25, 0.3) is 0 Å². The topological polar surface area (TPSA) is 79.1 Å². The van der Waals surface area contributed by atoms with Crippen LogP contribution in [0, 0.1) is 11.3 Å². The van der Waals surface area contributed by atoms with Gasteiger partial charge in [0.1, 0.15) is 0 Å². The molecule has 4 N–H and O–H groups in total. The SMILES string of the molecule is CN(c1ccc(C#N)cc1)c1ccc(N)c(N)c1. The van der Waals surface area contributed by atoms with Crippen LogP contribution in [0.2, 0.25) is 0 Å². The Morgan fingerprint density at radius 1 is 0.944 bits per heavy atom. The molecule has 0 fully saturated rings. The quantitative estimate of drug-likeness (QED) is 0.788. The molecule has 4 heteroatoms. The van der Waals surface area contributed by atoms with Gasteiger partial charge < -0.3 is 16.4 Å². The molecular weight excluding hydrogens is 224 g/mol. The van der Waals surface area contributed by atoms with Crippen molar-refractivity contribution in [1.82, 2.24) is 0 Å². The van der Waals surface area contributed by atoms with Crippen LogP contribution < -0.4 is 16.4 Å². The lowest BCUT2D eigenvalue weighted by atomic mass is 10.2. The molecule has 0 radical (unpaired) electrons. The van der Waals surface area contributed by atoms with E-state index in [4.69, 9.17) is 16.7 Å². The Labute approximate surface area is 106 Å². The van der Waals surface area contributed by atoms with Crippen molar-refractivity contribution in [3.05, 3.63) is 48.0 Å². The molecule has 0 aromatic heterocycles. The molecule has 0 saturated heterocycles. The molecule has 0 atom stereocenters. The van der Waals surface area contributed by atoms with E-state index < -0.39 is 0 Å². The van der Waals surface area contributed by atoms with Crippen molar-refractivity contribution in [3.63, 3.8) is 0 Å². The summed E-state index contributed by atoms with van der Waals surface area (Å²) in [4.78, 5) is 1.98. The molecule has 4 nitrogen and oxygen atoms in total. The third-order valence-corrected chi connectivity index (χ3v) is 2.84. The van der Waals surface area contributed by atoms with Gasteiger partial charge in [-0.25, -0.2) is 0 Å². The van der Waals surface area contributed by atoms with Crippen LogP contribution in [0.4, 0.5) is 22.7 Å². The summed E-state index contributed by atoms with van der Waals surface area (Å²) in [7, 11) is 1.94. The highest BCUT2D eigenvalue weighted by Crippen LogP contribution is 2.27. The van der Waals surface area contributed by atoms with E-state index in [0.29, 0.717) is 16.9 Å². The van der Waals surface area contributed by atoms with Gasteiger partial charge >= 0.3 is 0 Å². The third kappa shape index (κ3) is 2.20. The van der Waals surface area contributed by atoms with Crippen LogP contribution in [-0.2, 0) is 0 Å². The number of nitrogens with zero attached hydrogens (tertiary/aromatic N) is 2. The lowest BCUT2D eigenvalue weighted by molar-refractivity contribution is 1.21. The van der Waals surface area contributed by atoms with Crippen molar-refractivity contribution in [3.8, 4) is 6.07 Å². The minimum absolute atomic E-state index is 0.563. The number of anilines is 4.